The van der Waals surface area contributed by atoms with Crippen LogP contribution in [0.5, 0.6) is 0 Å². The summed E-state index contributed by atoms with van der Waals surface area (Å²) in [5, 5.41) is 0. The van der Waals surface area contributed by atoms with Gasteiger partial charge in [-0.2, -0.15) is 0 Å². The fourth-order valence-corrected chi connectivity index (χ4v) is 2.50. The summed E-state index contributed by atoms with van der Waals surface area (Å²) < 4.78 is 0. The molecular weight excluding hydrogens is 204 g/mol. The molecular formula is C12H20N2O2. The molecule has 2 aliphatic heterocycles. The van der Waals surface area contributed by atoms with E-state index >= 15 is 0 Å². The molecule has 0 aromatic heterocycles. The van der Waals surface area contributed by atoms with Crippen molar-refractivity contribution in [3.8, 4) is 0 Å². The molecule has 2 fully saturated rings. The molecule has 4 heteroatoms. The van der Waals surface area contributed by atoms with E-state index in [0.717, 1.165) is 58.1 Å². The van der Waals surface area contributed by atoms with Crippen LogP contribution in [0.1, 0.15) is 25.7 Å². The Bertz CT molecular complexity index is 254. The lowest BCUT2D eigenvalue weighted by Crippen LogP contribution is -2.42. The van der Waals surface area contributed by atoms with E-state index in [1.54, 1.807) is 0 Å². The van der Waals surface area contributed by atoms with E-state index in [2.05, 4.69) is 4.90 Å². The molecule has 0 bridgehead atoms. The summed E-state index contributed by atoms with van der Waals surface area (Å²) >= 11 is 0. The molecule has 16 heavy (non-hydrogen) atoms. The molecule has 0 saturated carbocycles. The molecule has 0 spiro atoms. The predicted octanol–water partition coefficient (Wildman–Crippen LogP) is 0.520. The Morgan fingerprint density at radius 3 is 2.31 bits per heavy atom. The minimum Gasteiger partial charge on any atom is -0.342 e. The number of hydrogen-bond acceptors (Lipinski definition) is 3. The molecule has 1 amide bonds. The van der Waals surface area contributed by atoms with Crippen LogP contribution in [0.3, 0.4) is 0 Å². The van der Waals surface area contributed by atoms with Crippen LogP contribution in [-0.2, 0) is 9.59 Å². The van der Waals surface area contributed by atoms with E-state index in [-0.39, 0.29) is 11.8 Å². The average Bonchev–Trinajstić information content (AvgIpc) is 2.83. The van der Waals surface area contributed by atoms with Gasteiger partial charge in [0.2, 0.25) is 5.91 Å². The van der Waals surface area contributed by atoms with Crippen LogP contribution in [0.15, 0.2) is 0 Å². The maximum Gasteiger partial charge on any atom is 0.236 e. The second-order valence-corrected chi connectivity index (χ2v) is 4.84. The lowest BCUT2D eigenvalue weighted by molar-refractivity contribution is -0.131. The van der Waals surface area contributed by atoms with Crippen molar-refractivity contribution in [2.45, 2.75) is 25.7 Å². The number of piperidine rings is 1. The van der Waals surface area contributed by atoms with E-state index < -0.39 is 0 Å². The molecule has 2 aliphatic rings. The van der Waals surface area contributed by atoms with Crippen LogP contribution in [0.4, 0.5) is 0 Å². The molecule has 0 aromatic rings. The number of aldehydes is 1. The van der Waals surface area contributed by atoms with Gasteiger partial charge in [-0.05, 0) is 38.8 Å². The maximum atomic E-state index is 11.9. The highest BCUT2D eigenvalue weighted by Gasteiger charge is 2.23. The monoisotopic (exact) mass is 224 g/mol. The summed E-state index contributed by atoms with van der Waals surface area (Å²) in [6.45, 7) is 4.20. The Morgan fingerprint density at radius 2 is 1.75 bits per heavy atom. The number of rotatable bonds is 3. The largest absolute Gasteiger partial charge is 0.342 e. The van der Waals surface area contributed by atoms with E-state index in [1.807, 2.05) is 4.90 Å². The topological polar surface area (TPSA) is 40.6 Å². The Labute approximate surface area is 96.6 Å². The quantitative estimate of drug-likeness (QED) is 0.656. The third kappa shape index (κ3) is 2.82. The van der Waals surface area contributed by atoms with Crippen LogP contribution < -0.4 is 0 Å². The molecule has 2 saturated heterocycles. The first-order valence-electron chi connectivity index (χ1n) is 6.25. The molecule has 0 aliphatic carbocycles. The van der Waals surface area contributed by atoms with Gasteiger partial charge in [-0.3, -0.25) is 9.69 Å². The third-order valence-corrected chi connectivity index (χ3v) is 3.64. The van der Waals surface area contributed by atoms with Gasteiger partial charge in [-0.15, -0.1) is 0 Å². The second-order valence-electron chi connectivity index (χ2n) is 4.84. The number of carbonyl (C=O) groups is 2. The van der Waals surface area contributed by atoms with Gasteiger partial charge in [0.05, 0.1) is 6.54 Å². The highest BCUT2D eigenvalue weighted by atomic mass is 16.2. The Balaban J connectivity index is 1.73. The van der Waals surface area contributed by atoms with Gasteiger partial charge in [0.25, 0.3) is 0 Å². The molecule has 2 rings (SSSR count). The zero-order valence-corrected chi connectivity index (χ0v) is 9.73. The summed E-state index contributed by atoms with van der Waals surface area (Å²) in [5.41, 5.74) is 0. The van der Waals surface area contributed by atoms with Gasteiger partial charge in [0, 0.05) is 19.0 Å². The highest BCUT2D eigenvalue weighted by Crippen LogP contribution is 2.15. The van der Waals surface area contributed by atoms with Crippen molar-refractivity contribution in [1.82, 2.24) is 9.80 Å². The van der Waals surface area contributed by atoms with Crippen molar-refractivity contribution in [1.29, 1.82) is 0 Å². The van der Waals surface area contributed by atoms with Crippen LogP contribution >= 0.6 is 0 Å². The summed E-state index contributed by atoms with van der Waals surface area (Å²) in [6, 6.07) is 0. The third-order valence-electron chi connectivity index (χ3n) is 3.64. The van der Waals surface area contributed by atoms with Crippen LogP contribution in [-0.4, -0.2) is 54.7 Å². The van der Waals surface area contributed by atoms with Crippen molar-refractivity contribution in [3.63, 3.8) is 0 Å². The molecule has 0 unspecified atom stereocenters. The van der Waals surface area contributed by atoms with E-state index in [9.17, 15) is 9.59 Å². The molecule has 4 nitrogen and oxygen atoms in total. The number of likely N-dealkylation sites (tertiary alicyclic amines) is 2. The normalized spacial score (nSPS) is 23.6. The Morgan fingerprint density at radius 1 is 1.12 bits per heavy atom. The van der Waals surface area contributed by atoms with Crippen molar-refractivity contribution < 1.29 is 9.59 Å². The lowest BCUT2D eigenvalue weighted by Gasteiger charge is -2.30. The molecule has 0 N–H and O–H groups in total. The highest BCUT2D eigenvalue weighted by molar-refractivity contribution is 5.78. The Kier molecular flexibility index (Phi) is 3.93. The smallest absolute Gasteiger partial charge is 0.236 e. The minimum atomic E-state index is 0.220. The van der Waals surface area contributed by atoms with Gasteiger partial charge in [-0.1, -0.05) is 0 Å². The van der Waals surface area contributed by atoms with Crippen LogP contribution in [0, 0.1) is 5.92 Å². The lowest BCUT2D eigenvalue weighted by atomic mass is 9.99. The fourth-order valence-electron chi connectivity index (χ4n) is 2.50. The van der Waals surface area contributed by atoms with Crippen molar-refractivity contribution in [2.24, 2.45) is 5.92 Å². The van der Waals surface area contributed by atoms with Crippen molar-refractivity contribution >= 4 is 12.2 Å². The standard InChI is InChI=1S/C12H20N2O2/c15-10-11-3-7-13(8-4-11)9-12(16)14-5-1-2-6-14/h10-11H,1-9H2. The molecule has 0 radical (unpaired) electrons. The van der Waals surface area contributed by atoms with Gasteiger partial charge in [0.1, 0.15) is 6.29 Å². The van der Waals surface area contributed by atoms with Gasteiger partial charge < -0.3 is 9.69 Å². The number of amides is 1. The van der Waals surface area contributed by atoms with E-state index in [4.69, 9.17) is 0 Å². The van der Waals surface area contributed by atoms with E-state index in [0.29, 0.717) is 6.54 Å². The number of carbonyl (C=O) groups excluding carboxylic acids is 2. The molecule has 0 aromatic carbocycles. The zero-order chi connectivity index (χ0) is 11.4. The second kappa shape index (κ2) is 5.43. The van der Waals surface area contributed by atoms with E-state index in [1.165, 1.54) is 0 Å². The van der Waals surface area contributed by atoms with Gasteiger partial charge in [-0.25, -0.2) is 0 Å². The summed E-state index contributed by atoms with van der Waals surface area (Å²) in [4.78, 5) is 26.6. The summed E-state index contributed by atoms with van der Waals surface area (Å²) in [7, 11) is 0. The predicted molar refractivity (Wildman–Crippen MR) is 61.0 cm³/mol. The molecule has 0 atom stereocenters. The number of hydrogen-bond donors (Lipinski definition) is 0. The van der Waals surface area contributed by atoms with Crippen LogP contribution in [0.2, 0.25) is 0 Å². The van der Waals surface area contributed by atoms with Gasteiger partial charge >= 0.3 is 0 Å². The Hall–Kier alpha value is -0.900. The van der Waals surface area contributed by atoms with Crippen molar-refractivity contribution in [2.75, 3.05) is 32.7 Å². The minimum absolute atomic E-state index is 0.220. The first-order chi connectivity index (χ1) is 7.79. The SMILES string of the molecule is O=CC1CCN(CC(=O)N2CCCC2)CC1. The summed E-state index contributed by atoms with van der Waals surface area (Å²) in [5.74, 6) is 0.486. The summed E-state index contributed by atoms with van der Waals surface area (Å²) in [6.07, 6.45) is 5.19. The molecule has 2 heterocycles. The first-order valence-corrected chi connectivity index (χ1v) is 6.25. The zero-order valence-electron chi connectivity index (χ0n) is 9.73. The van der Waals surface area contributed by atoms with Crippen LogP contribution in [0.25, 0.3) is 0 Å². The van der Waals surface area contributed by atoms with Gasteiger partial charge in [0.15, 0.2) is 0 Å². The number of nitrogens with zero attached hydrogens (tertiary/aromatic N) is 2. The maximum absolute atomic E-state index is 11.9. The molecule has 90 valence electrons. The fraction of sp³-hybridized carbons (Fsp3) is 0.833. The van der Waals surface area contributed by atoms with Crippen molar-refractivity contribution in [3.05, 3.63) is 0 Å². The first kappa shape index (κ1) is 11.6. The average molecular weight is 224 g/mol.